The highest BCUT2D eigenvalue weighted by Crippen LogP contribution is 2.16. The molecule has 0 spiro atoms. The SMILES string of the molecule is CC/C=C\C/C=C\C/C=C\C/C=C\C/C=C\C/C=C\C/C=C\CCCC(=O)OCC(COC(=O)CCC/C=C\C/C=C\C/C=C\C/C=C\C/C=C\CC)OC(=O)CCCCCCCCCCCCCCCCCCCC. The maximum atomic E-state index is 12.9. The van der Waals surface area contributed by atoms with Gasteiger partial charge in [-0.15, -0.1) is 0 Å². The molecule has 6 heteroatoms. The van der Waals surface area contributed by atoms with Crippen LogP contribution in [0.1, 0.15) is 258 Å². The summed E-state index contributed by atoms with van der Waals surface area (Å²) in [6.45, 7) is 6.32. The van der Waals surface area contributed by atoms with Crippen LogP contribution in [0.5, 0.6) is 0 Å². The Kier molecular flexibility index (Phi) is 58.9. The Morgan fingerprint density at radius 1 is 0.276 bits per heavy atom. The summed E-state index contributed by atoms with van der Waals surface area (Å²) in [6.07, 6.45) is 90.0. The lowest BCUT2D eigenvalue weighted by Crippen LogP contribution is -2.30. The molecule has 0 aliphatic carbocycles. The van der Waals surface area contributed by atoms with Crippen molar-refractivity contribution in [3.05, 3.63) is 146 Å². The van der Waals surface area contributed by atoms with E-state index in [2.05, 4.69) is 167 Å². The largest absolute Gasteiger partial charge is 0.462 e. The molecule has 1 unspecified atom stereocenters. The van der Waals surface area contributed by atoms with Crippen molar-refractivity contribution >= 4 is 17.9 Å². The van der Waals surface area contributed by atoms with Crippen LogP contribution >= 0.6 is 0 Å². The summed E-state index contributed by atoms with van der Waals surface area (Å²) in [5, 5.41) is 0. The third kappa shape index (κ3) is 60.2. The van der Waals surface area contributed by atoms with Gasteiger partial charge in [0, 0.05) is 19.3 Å². The molecule has 0 radical (unpaired) electrons. The van der Waals surface area contributed by atoms with E-state index in [4.69, 9.17) is 14.2 Å². The molecule has 0 bridgehead atoms. The number of ether oxygens (including phenoxy) is 3. The molecule has 428 valence electrons. The molecule has 0 rings (SSSR count). The lowest BCUT2D eigenvalue weighted by Gasteiger charge is -2.18. The topological polar surface area (TPSA) is 78.9 Å². The van der Waals surface area contributed by atoms with Gasteiger partial charge in [0.2, 0.25) is 0 Å². The first kappa shape index (κ1) is 71.3. The molecule has 0 aromatic carbocycles. The molecule has 0 saturated heterocycles. The third-order valence-corrected chi connectivity index (χ3v) is 12.6. The summed E-state index contributed by atoms with van der Waals surface area (Å²) in [6, 6.07) is 0. The smallest absolute Gasteiger partial charge is 0.306 e. The summed E-state index contributed by atoms with van der Waals surface area (Å²) < 4.78 is 16.8. The van der Waals surface area contributed by atoms with Crippen LogP contribution < -0.4 is 0 Å². The normalized spacial score (nSPS) is 13.1. The Hall–Kier alpha value is -4.71. The molecule has 0 N–H and O–H groups in total. The van der Waals surface area contributed by atoms with Gasteiger partial charge in [0.1, 0.15) is 13.2 Å². The zero-order valence-corrected chi connectivity index (χ0v) is 49.0. The lowest BCUT2D eigenvalue weighted by atomic mass is 10.0. The van der Waals surface area contributed by atoms with Crippen molar-refractivity contribution in [3.8, 4) is 0 Å². The van der Waals surface area contributed by atoms with Crippen LogP contribution in [0, 0.1) is 0 Å². The van der Waals surface area contributed by atoms with Gasteiger partial charge in [-0.05, 0) is 109 Å². The second-order valence-corrected chi connectivity index (χ2v) is 19.9. The predicted octanol–water partition coefficient (Wildman–Crippen LogP) is 21.2. The van der Waals surface area contributed by atoms with Gasteiger partial charge in [0.05, 0.1) is 0 Å². The maximum Gasteiger partial charge on any atom is 0.306 e. The van der Waals surface area contributed by atoms with Gasteiger partial charge < -0.3 is 14.2 Å². The van der Waals surface area contributed by atoms with Crippen molar-refractivity contribution in [2.45, 2.75) is 264 Å². The van der Waals surface area contributed by atoms with E-state index in [1.807, 2.05) is 0 Å². The van der Waals surface area contributed by atoms with E-state index in [9.17, 15) is 14.4 Å². The second kappa shape index (κ2) is 62.8. The Labute approximate surface area is 467 Å². The number of esters is 3. The Balaban J connectivity index is 4.56. The van der Waals surface area contributed by atoms with E-state index >= 15 is 0 Å². The number of hydrogen-bond acceptors (Lipinski definition) is 6. The molecular weight excluding hydrogens is 937 g/mol. The highest BCUT2D eigenvalue weighted by Gasteiger charge is 2.19. The molecule has 1 atom stereocenters. The Morgan fingerprint density at radius 2 is 0.513 bits per heavy atom. The van der Waals surface area contributed by atoms with Crippen LogP contribution in [0.4, 0.5) is 0 Å². The molecular formula is C70H112O6. The fourth-order valence-electron chi connectivity index (χ4n) is 8.06. The van der Waals surface area contributed by atoms with Gasteiger partial charge in [-0.25, -0.2) is 0 Å². The Morgan fingerprint density at radius 3 is 0.789 bits per heavy atom. The first-order valence-corrected chi connectivity index (χ1v) is 30.8. The minimum atomic E-state index is -0.830. The lowest BCUT2D eigenvalue weighted by molar-refractivity contribution is -0.167. The molecule has 0 fully saturated rings. The van der Waals surface area contributed by atoms with Crippen molar-refractivity contribution in [1.82, 2.24) is 0 Å². The predicted molar refractivity (Wildman–Crippen MR) is 329 cm³/mol. The summed E-state index contributed by atoms with van der Waals surface area (Å²) in [5.41, 5.74) is 0. The van der Waals surface area contributed by atoms with Gasteiger partial charge in [-0.2, -0.15) is 0 Å². The number of allylic oxidation sites excluding steroid dienone is 24. The van der Waals surface area contributed by atoms with Crippen LogP contribution in [-0.2, 0) is 28.6 Å². The molecule has 0 aliphatic heterocycles. The van der Waals surface area contributed by atoms with Crippen molar-refractivity contribution < 1.29 is 28.6 Å². The number of hydrogen-bond donors (Lipinski definition) is 0. The van der Waals surface area contributed by atoms with Gasteiger partial charge in [0.25, 0.3) is 0 Å². The molecule has 0 amide bonds. The van der Waals surface area contributed by atoms with Crippen molar-refractivity contribution in [1.29, 1.82) is 0 Å². The second-order valence-electron chi connectivity index (χ2n) is 19.9. The van der Waals surface area contributed by atoms with Crippen LogP contribution in [0.3, 0.4) is 0 Å². The third-order valence-electron chi connectivity index (χ3n) is 12.6. The quantitative estimate of drug-likeness (QED) is 0.0261. The van der Waals surface area contributed by atoms with Gasteiger partial charge in [-0.1, -0.05) is 276 Å². The van der Waals surface area contributed by atoms with E-state index in [0.29, 0.717) is 19.3 Å². The van der Waals surface area contributed by atoms with Crippen molar-refractivity contribution in [2.75, 3.05) is 13.2 Å². The number of carbonyl (C=O) groups excluding carboxylic acids is 3. The monoisotopic (exact) mass is 1050 g/mol. The Bertz CT molecular complexity index is 1680. The number of carbonyl (C=O) groups is 3. The highest BCUT2D eigenvalue weighted by molar-refractivity contribution is 5.71. The summed E-state index contributed by atoms with van der Waals surface area (Å²) in [4.78, 5) is 38.3. The first-order chi connectivity index (χ1) is 37.5. The van der Waals surface area contributed by atoms with Gasteiger partial charge >= 0.3 is 17.9 Å². The van der Waals surface area contributed by atoms with Crippen molar-refractivity contribution in [3.63, 3.8) is 0 Å². The van der Waals surface area contributed by atoms with Crippen molar-refractivity contribution in [2.24, 2.45) is 0 Å². The minimum absolute atomic E-state index is 0.129. The molecule has 6 nitrogen and oxygen atoms in total. The van der Waals surface area contributed by atoms with Gasteiger partial charge in [0.15, 0.2) is 6.10 Å². The van der Waals surface area contributed by atoms with E-state index < -0.39 is 6.10 Å². The molecule has 0 aromatic rings. The molecule has 76 heavy (non-hydrogen) atoms. The van der Waals surface area contributed by atoms with E-state index in [0.717, 1.165) is 109 Å². The van der Waals surface area contributed by atoms with E-state index in [1.54, 1.807) is 0 Å². The zero-order valence-electron chi connectivity index (χ0n) is 49.0. The van der Waals surface area contributed by atoms with E-state index in [-0.39, 0.29) is 44.0 Å². The number of unbranched alkanes of at least 4 members (excludes halogenated alkanes) is 19. The average Bonchev–Trinajstić information content (AvgIpc) is 3.42. The molecule has 0 aromatic heterocycles. The van der Waals surface area contributed by atoms with Crippen LogP contribution in [-0.4, -0.2) is 37.2 Å². The highest BCUT2D eigenvalue weighted by atomic mass is 16.6. The zero-order chi connectivity index (χ0) is 55.0. The van der Waals surface area contributed by atoms with Gasteiger partial charge in [-0.3, -0.25) is 14.4 Å². The standard InChI is InChI=1S/C70H112O6/c1-4-7-10-13-16-19-22-25-28-31-33-34-35-36-37-40-42-45-48-51-54-57-60-63-69(72)75-66-67(65-74-68(71)62-59-56-53-50-47-44-41-38-30-27-24-21-18-15-12-9-6-3)76-70(73)64-61-58-55-52-49-46-43-39-32-29-26-23-20-17-14-11-8-5-2/h7,9-10,12,16,18-19,21,25,27-28,30,33-34,36-37,41-42,44-45,50-51,53-54,67H,4-6,8,11,13-15,17,20,22-24,26,29,31-32,35,38-40,43,46-49,52,55-66H2,1-3H3/b10-7-,12-9-,19-16-,21-18-,28-25-,30-27-,34-33-,37-36-,44-41-,45-42-,53-50-,54-51-. The van der Waals surface area contributed by atoms with Crippen LogP contribution in [0.25, 0.3) is 0 Å². The fraction of sp³-hybridized carbons (Fsp3) is 0.614. The molecule has 0 aliphatic rings. The minimum Gasteiger partial charge on any atom is -0.462 e. The summed E-state index contributed by atoms with van der Waals surface area (Å²) in [7, 11) is 0. The average molecular weight is 1050 g/mol. The van der Waals surface area contributed by atoms with Crippen LogP contribution in [0.15, 0.2) is 146 Å². The maximum absolute atomic E-state index is 12.9. The van der Waals surface area contributed by atoms with Crippen LogP contribution in [0.2, 0.25) is 0 Å². The van der Waals surface area contributed by atoms with E-state index in [1.165, 1.54) is 96.3 Å². The molecule has 0 saturated carbocycles. The summed E-state index contributed by atoms with van der Waals surface area (Å²) >= 11 is 0. The first-order valence-electron chi connectivity index (χ1n) is 30.8. The molecule has 0 heterocycles. The number of rotatable bonds is 54. The summed E-state index contributed by atoms with van der Waals surface area (Å²) in [5.74, 6) is -1.04. The fourth-order valence-corrected chi connectivity index (χ4v) is 8.06.